The minimum absolute atomic E-state index is 0.248. The molecule has 2 aromatic rings. The lowest BCUT2D eigenvalue weighted by atomic mass is 9.93. The summed E-state index contributed by atoms with van der Waals surface area (Å²) in [6.07, 6.45) is -4.82. The topological polar surface area (TPSA) is 77.2 Å². The summed E-state index contributed by atoms with van der Waals surface area (Å²) in [5.41, 5.74) is -0.965. The Morgan fingerprint density at radius 1 is 1.10 bits per heavy atom. The number of carbonyl (C=O) groups is 1. The Bertz CT molecular complexity index is 968. The van der Waals surface area contributed by atoms with Gasteiger partial charge in [0.1, 0.15) is 11.0 Å². The maximum atomic E-state index is 13.0. The van der Waals surface area contributed by atoms with Crippen LogP contribution in [0.4, 0.5) is 13.2 Å². The maximum Gasteiger partial charge on any atom is 0.416 e. The van der Waals surface area contributed by atoms with E-state index >= 15 is 0 Å². The van der Waals surface area contributed by atoms with Gasteiger partial charge in [-0.1, -0.05) is 39.8 Å². The second-order valence-corrected chi connectivity index (χ2v) is 10.4. The molecule has 160 valence electrons. The van der Waals surface area contributed by atoms with Crippen LogP contribution < -0.4 is 0 Å². The summed E-state index contributed by atoms with van der Waals surface area (Å²) in [6, 6.07) is 4.77. The van der Waals surface area contributed by atoms with E-state index in [2.05, 4.69) is 5.16 Å². The monoisotopic (exact) mass is 431 g/mol. The lowest BCUT2D eigenvalue weighted by Crippen LogP contribution is -2.36. The first-order valence-electron chi connectivity index (χ1n) is 9.04. The fraction of sp³-hybridized carbons (Fsp3) is 0.500. The normalized spacial score (nSPS) is 14.2. The number of hydrogen-bond donors (Lipinski definition) is 0. The Morgan fingerprint density at radius 3 is 2.07 bits per heavy atom. The summed E-state index contributed by atoms with van der Waals surface area (Å²) < 4.78 is 69.4. The molecule has 0 aliphatic carbocycles. The molecule has 29 heavy (non-hydrogen) atoms. The van der Waals surface area contributed by atoms with Crippen LogP contribution in [0.5, 0.6) is 0 Å². The van der Waals surface area contributed by atoms with E-state index in [0.29, 0.717) is 23.6 Å². The smallest absolute Gasteiger partial charge is 0.361 e. The van der Waals surface area contributed by atoms with Crippen molar-refractivity contribution in [3.8, 4) is 0 Å². The van der Waals surface area contributed by atoms with E-state index < -0.39 is 38.5 Å². The minimum Gasteiger partial charge on any atom is -0.361 e. The molecule has 2 rings (SSSR count). The maximum absolute atomic E-state index is 13.0. The third kappa shape index (κ3) is 5.26. The third-order valence-electron chi connectivity index (χ3n) is 4.42. The van der Waals surface area contributed by atoms with Crippen molar-refractivity contribution in [3.05, 3.63) is 47.3 Å². The number of hydrogen-bond acceptors (Lipinski definition) is 5. The SMILES string of the molecule is CC(C)C(C(=O)Cc1cc(C(C)(C)C)on1)S(=O)(=O)c1ccc(C(F)(F)F)cc1. The average Bonchev–Trinajstić information content (AvgIpc) is 3.02. The molecule has 1 heterocycles. The number of aromatic nitrogens is 1. The van der Waals surface area contributed by atoms with Gasteiger partial charge in [-0.2, -0.15) is 13.2 Å². The molecule has 1 aromatic heterocycles. The standard InChI is InChI=1S/C20H24F3NO4S/c1-12(2)18(16(25)10-14-11-17(28-24-14)19(3,4)5)29(26,27)15-8-6-13(7-9-15)20(21,22)23/h6-9,11-12,18H,10H2,1-5H3. The molecular formula is C20H24F3NO4S. The summed E-state index contributed by atoms with van der Waals surface area (Å²) in [5.74, 6) is -0.607. The zero-order valence-corrected chi connectivity index (χ0v) is 17.7. The molecule has 5 nitrogen and oxygen atoms in total. The largest absolute Gasteiger partial charge is 0.416 e. The average molecular weight is 431 g/mol. The first-order valence-corrected chi connectivity index (χ1v) is 10.6. The molecule has 0 bridgehead atoms. The van der Waals surface area contributed by atoms with Crippen molar-refractivity contribution in [2.24, 2.45) is 5.92 Å². The molecule has 0 aliphatic rings. The van der Waals surface area contributed by atoms with E-state index in [9.17, 15) is 26.4 Å². The second kappa shape index (κ2) is 7.93. The number of nitrogens with zero attached hydrogens (tertiary/aromatic N) is 1. The van der Waals surface area contributed by atoms with Gasteiger partial charge < -0.3 is 4.52 Å². The molecule has 0 radical (unpaired) electrons. The van der Waals surface area contributed by atoms with Gasteiger partial charge in [0.05, 0.1) is 22.6 Å². The van der Waals surface area contributed by atoms with Crippen LogP contribution in [0, 0.1) is 5.92 Å². The highest BCUT2D eigenvalue weighted by Crippen LogP contribution is 2.31. The molecule has 0 N–H and O–H groups in total. The number of benzene rings is 1. The van der Waals surface area contributed by atoms with Crippen molar-refractivity contribution >= 4 is 15.6 Å². The summed E-state index contributed by atoms with van der Waals surface area (Å²) in [6.45, 7) is 8.88. The van der Waals surface area contributed by atoms with Gasteiger partial charge in [-0.15, -0.1) is 0 Å². The van der Waals surface area contributed by atoms with Gasteiger partial charge in [0.25, 0.3) is 0 Å². The summed E-state index contributed by atoms with van der Waals surface area (Å²) in [5, 5.41) is 2.43. The first kappa shape index (κ1) is 23.1. The van der Waals surface area contributed by atoms with Gasteiger partial charge in [-0.05, 0) is 30.2 Å². The zero-order chi connectivity index (χ0) is 22.2. The third-order valence-corrected chi connectivity index (χ3v) is 6.83. The molecule has 0 saturated heterocycles. The van der Waals surface area contributed by atoms with Crippen LogP contribution in [-0.4, -0.2) is 24.6 Å². The number of rotatable bonds is 6. The molecule has 0 aliphatic heterocycles. The van der Waals surface area contributed by atoms with E-state index in [1.165, 1.54) is 0 Å². The lowest BCUT2D eigenvalue weighted by molar-refractivity contribution is -0.137. The fourth-order valence-corrected chi connectivity index (χ4v) is 4.87. The Labute approximate surface area is 168 Å². The van der Waals surface area contributed by atoms with E-state index in [0.717, 1.165) is 12.1 Å². The number of alkyl halides is 3. The molecule has 9 heteroatoms. The fourth-order valence-electron chi connectivity index (χ4n) is 2.91. The van der Waals surface area contributed by atoms with Crippen LogP contribution in [0.3, 0.4) is 0 Å². The van der Waals surface area contributed by atoms with Gasteiger partial charge in [0.2, 0.25) is 0 Å². The Hall–Kier alpha value is -2.16. The van der Waals surface area contributed by atoms with Crippen molar-refractivity contribution in [2.45, 2.75) is 62.8 Å². The van der Waals surface area contributed by atoms with Gasteiger partial charge in [-0.3, -0.25) is 4.79 Å². The Morgan fingerprint density at radius 2 is 1.66 bits per heavy atom. The first-order chi connectivity index (χ1) is 13.1. The Kier molecular flexibility index (Phi) is 6.32. The number of halogens is 3. The van der Waals surface area contributed by atoms with Crippen molar-refractivity contribution in [3.63, 3.8) is 0 Å². The Balaban J connectivity index is 2.32. The number of Topliss-reactive ketones (excluding diaryl/α,β-unsaturated/α-hetero) is 1. The van der Waals surface area contributed by atoms with Crippen LogP contribution in [0.2, 0.25) is 0 Å². The summed E-state index contributed by atoms with van der Waals surface area (Å²) in [4.78, 5) is 12.5. The van der Waals surface area contributed by atoms with Crippen molar-refractivity contribution in [2.75, 3.05) is 0 Å². The lowest BCUT2D eigenvalue weighted by Gasteiger charge is -2.20. The second-order valence-electron chi connectivity index (χ2n) is 8.31. The van der Waals surface area contributed by atoms with Crippen molar-refractivity contribution < 1.29 is 30.9 Å². The molecule has 1 atom stereocenters. The molecular weight excluding hydrogens is 407 g/mol. The molecule has 1 aromatic carbocycles. The van der Waals surface area contributed by atoms with Gasteiger partial charge in [0, 0.05) is 11.5 Å². The molecule has 1 unspecified atom stereocenters. The number of ketones is 1. The van der Waals surface area contributed by atoms with Crippen LogP contribution in [0.1, 0.15) is 51.6 Å². The predicted octanol–water partition coefficient (Wildman–Crippen LogP) is 4.60. The highest BCUT2D eigenvalue weighted by molar-refractivity contribution is 7.92. The van der Waals surface area contributed by atoms with Gasteiger partial charge in [0.15, 0.2) is 15.6 Å². The van der Waals surface area contributed by atoms with E-state index in [1.54, 1.807) is 19.9 Å². The molecule has 0 spiro atoms. The predicted molar refractivity (Wildman–Crippen MR) is 101 cm³/mol. The van der Waals surface area contributed by atoms with E-state index in [4.69, 9.17) is 4.52 Å². The van der Waals surface area contributed by atoms with Gasteiger partial charge >= 0.3 is 6.18 Å². The van der Waals surface area contributed by atoms with Crippen LogP contribution in [0.25, 0.3) is 0 Å². The molecule has 0 saturated carbocycles. The quantitative estimate of drug-likeness (QED) is 0.668. The van der Waals surface area contributed by atoms with Crippen LogP contribution >= 0.6 is 0 Å². The van der Waals surface area contributed by atoms with Crippen LogP contribution in [0.15, 0.2) is 39.8 Å². The van der Waals surface area contributed by atoms with E-state index in [-0.39, 0.29) is 16.7 Å². The van der Waals surface area contributed by atoms with Gasteiger partial charge in [-0.25, -0.2) is 8.42 Å². The zero-order valence-electron chi connectivity index (χ0n) is 16.9. The van der Waals surface area contributed by atoms with E-state index in [1.807, 2.05) is 20.8 Å². The molecule has 0 fully saturated rings. The van der Waals surface area contributed by atoms with Crippen molar-refractivity contribution in [1.82, 2.24) is 5.16 Å². The minimum atomic E-state index is -4.58. The highest BCUT2D eigenvalue weighted by atomic mass is 32.2. The number of carbonyl (C=O) groups excluding carboxylic acids is 1. The highest BCUT2D eigenvalue weighted by Gasteiger charge is 2.38. The summed E-state index contributed by atoms with van der Waals surface area (Å²) >= 11 is 0. The van der Waals surface area contributed by atoms with Crippen molar-refractivity contribution in [1.29, 1.82) is 0 Å². The number of sulfone groups is 1. The molecule has 0 amide bonds. The summed E-state index contributed by atoms with van der Waals surface area (Å²) in [7, 11) is -4.18. The van der Waals surface area contributed by atoms with Crippen LogP contribution in [-0.2, 0) is 32.6 Å².